The van der Waals surface area contributed by atoms with Crippen LogP contribution in [0.15, 0.2) is 51.6 Å². The second-order valence-corrected chi connectivity index (χ2v) is 4.75. The average Bonchev–Trinajstić information content (AvgIpc) is 2.90. The van der Waals surface area contributed by atoms with Crippen molar-refractivity contribution >= 4 is 15.9 Å². The first kappa shape index (κ1) is 11.9. The third-order valence-electron chi connectivity index (χ3n) is 2.50. The van der Waals surface area contributed by atoms with E-state index in [-0.39, 0.29) is 5.75 Å². The van der Waals surface area contributed by atoms with Crippen LogP contribution in [-0.4, -0.2) is 20.2 Å². The van der Waals surface area contributed by atoms with Crippen LogP contribution in [-0.2, 0) is 0 Å². The SMILES string of the molecule is Oc1ccc(-c2nc(-c3ccc(Br)cn3)no2)cc1. The number of nitrogens with zero attached hydrogens (tertiary/aromatic N) is 3. The number of phenols is 1. The van der Waals surface area contributed by atoms with E-state index in [4.69, 9.17) is 4.52 Å². The van der Waals surface area contributed by atoms with Gasteiger partial charge in [0.2, 0.25) is 5.82 Å². The molecule has 0 saturated heterocycles. The Morgan fingerprint density at radius 2 is 1.84 bits per heavy atom. The van der Waals surface area contributed by atoms with E-state index >= 15 is 0 Å². The number of hydrogen-bond donors (Lipinski definition) is 1. The fraction of sp³-hybridized carbons (Fsp3) is 0. The molecule has 6 heteroatoms. The zero-order valence-corrected chi connectivity index (χ0v) is 11.2. The minimum atomic E-state index is 0.193. The number of pyridine rings is 1. The van der Waals surface area contributed by atoms with Gasteiger partial charge >= 0.3 is 0 Å². The lowest BCUT2D eigenvalue weighted by molar-refractivity contribution is 0.432. The van der Waals surface area contributed by atoms with Gasteiger partial charge in [-0.25, -0.2) is 0 Å². The average molecular weight is 318 g/mol. The van der Waals surface area contributed by atoms with E-state index in [2.05, 4.69) is 31.1 Å². The predicted molar refractivity (Wildman–Crippen MR) is 72.3 cm³/mol. The summed E-state index contributed by atoms with van der Waals surface area (Å²) in [6, 6.07) is 10.2. The van der Waals surface area contributed by atoms with Gasteiger partial charge < -0.3 is 9.63 Å². The molecule has 0 radical (unpaired) electrons. The molecule has 0 saturated carbocycles. The number of aromatic nitrogens is 3. The highest BCUT2D eigenvalue weighted by atomic mass is 79.9. The Balaban J connectivity index is 1.95. The van der Waals surface area contributed by atoms with Gasteiger partial charge in [0.25, 0.3) is 5.89 Å². The van der Waals surface area contributed by atoms with Crippen LogP contribution in [0.2, 0.25) is 0 Å². The van der Waals surface area contributed by atoms with E-state index in [1.54, 1.807) is 36.5 Å². The van der Waals surface area contributed by atoms with Gasteiger partial charge in [-0.3, -0.25) is 4.98 Å². The Morgan fingerprint density at radius 3 is 2.53 bits per heavy atom. The monoisotopic (exact) mass is 317 g/mol. The molecule has 0 aliphatic heterocycles. The van der Waals surface area contributed by atoms with Crippen molar-refractivity contribution in [3.63, 3.8) is 0 Å². The Hall–Kier alpha value is -2.21. The first-order valence-electron chi connectivity index (χ1n) is 5.47. The summed E-state index contributed by atoms with van der Waals surface area (Å²) in [7, 11) is 0. The normalized spacial score (nSPS) is 10.6. The van der Waals surface area contributed by atoms with Crippen molar-refractivity contribution in [2.75, 3.05) is 0 Å². The first-order chi connectivity index (χ1) is 9.22. The zero-order valence-electron chi connectivity index (χ0n) is 9.62. The molecule has 1 aromatic carbocycles. The van der Waals surface area contributed by atoms with Gasteiger partial charge in [0, 0.05) is 16.2 Å². The molecule has 0 aliphatic rings. The number of rotatable bonds is 2. The van der Waals surface area contributed by atoms with Crippen LogP contribution in [0.3, 0.4) is 0 Å². The Labute approximate surface area is 117 Å². The molecule has 5 nitrogen and oxygen atoms in total. The molecule has 1 N–H and O–H groups in total. The van der Waals surface area contributed by atoms with Crippen LogP contribution < -0.4 is 0 Å². The topological polar surface area (TPSA) is 72.0 Å². The summed E-state index contributed by atoms with van der Waals surface area (Å²) in [4.78, 5) is 8.47. The molecular weight excluding hydrogens is 310 g/mol. The third-order valence-corrected chi connectivity index (χ3v) is 2.97. The molecule has 2 aromatic heterocycles. The maximum Gasteiger partial charge on any atom is 0.258 e. The van der Waals surface area contributed by atoms with E-state index < -0.39 is 0 Å². The van der Waals surface area contributed by atoms with Gasteiger partial charge in [0.05, 0.1) is 0 Å². The summed E-state index contributed by atoms with van der Waals surface area (Å²) in [6.07, 6.45) is 1.67. The Bertz CT molecular complexity index is 633. The highest BCUT2D eigenvalue weighted by molar-refractivity contribution is 9.10. The second-order valence-electron chi connectivity index (χ2n) is 3.83. The molecule has 0 atom stereocenters. The molecule has 0 amide bonds. The molecule has 94 valence electrons. The molecule has 0 aliphatic carbocycles. The van der Waals surface area contributed by atoms with E-state index in [9.17, 15) is 5.11 Å². The number of hydrogen-bond acceptors (Lipinski definition) is 5. The molecular formula is C13H8BrN3O2. The lowest BCUT2D eigenvalue weighted by Crippen LogP contribution is -1.85. The first-order valence-corrected chi connectivity index (χ1v) is 6.27. The summed E-state index contributed by atoms with van der Waals surface area (Å²) in [5.41, 5.74) is 1.38. The second kappa shape index (κ2) is 4.81. The maximum absolute atomic E-state index is 9.23. The fourth-order valence-electron chi connectivity index (χ4n) is 1.56. The van der Waals surface area contributed by atoms with Crippen LogP contribution >= 0.6 is 15.9 Å². The fourth-order valence-corrected chi connectivity index (χ4v) is 1.79. The van der Waals surface area contributed by atoms with Gasteiger partial charge in [0.1, 0.15) is 11.4 Å². The molecule has 0 unspecified atom stereocenters. The summed E-state index contributed by atoms with van der Waals surface area (Å²) in [5.74, 6) is 1.01. The Kier molecular flexibility index (Phi) is 3.00. The quantitative estimate of drug-likeness (QED) is 0.785. The van der Waals surface area contributed by atoms with Crippen LogP contribution in [0, 0.1) is 0 Å². The zero-order chi connectivity index (χ0) is 13.2. The van der Waals surface area contributed by atoms with E-state index in [1.807, 2.05) is 6.07 Å². The molecule has 0 spiro atoms. The number of halogens is 1. The lowest BCUT2D eigenvalue weighted by Gasteiger charge is -1.94. The highest BCUT2D eigenvalue weighted by Crippen LogP contribution is 2.23. The van der Waals surface area contributed by atoms with Crippen molar-refractivity contribution in [1.29, 1.82) is 0 Å². The lowest BCUT2D eigenvalue weighted by atomic mass is 10.2. The van der Waals surface area contributed by atoms with Crippen LogP contribution in [0.25, 0.3) is 23.0 Å². The van der Waals surface area contributed by atoms with Crippen LogP contribution in [0.5, 0.6) is 5.75 Å². The van der Waals surface area contributed by atoms with E-state index in [0.717, 1.165) is 10.0 Å². The van der Waals surface area contributed by atoms with Gasteiger partial charge in [0.15, 0.2) is 0 Å². The Morgan fingerprint density at radius 1 is 1.05 bits per heavy atom. The summed E-state index contributed by atoms with van der Waals surface area (Å²) in [5, 5.41) is 13.1. The highest BCUT2D eigenvalue weighted by Gasteiger charge is 2.11. The van der Waals surface area contributed by atoms with Crippen molar-refractivity contribution in [2.24, 2.45) is 0 Å². The molecule has 3 aromatic rings. The van der Waals surface area contributed by atoms with Gasteiger partial charge in [-0.1, -0.05) is 5.16 Å². The number of benzene rings is 1. The van der Waals surface area contributed by atoms with Crippen LogP contribution in [0.1, 0.15) is 0 Å². The van der Waals surface area contributed by atoms with Gasteiger partial charge in [-0.15, -0.1) is 0 Å². The largest absolute Gasteiger partial charge is 0.508 e. The van der Waals surface area contributed by atoms with Gasteiger partial charge in [-0.2, -0.15) is 4.98 Å². The van der Waals surface area contributed by atoms with Crippen molar-refractivity contribution in [2.45, 2.75) is 0 Å². The molecule has 0 bridgehead atoms. The van der Waals surface area contributed by atoms with Crippen molar-refractivity contribution in [3.05, 3.63) is 47.1 Å². The van der Waals surface area contributed by atoms with Crippen LogP contribution in [0.4, 0.5) is 0 Å². The van der Waals surface area contributed by atoms with E-state index in [0.29, 0.717) is 17.4 Å². The third kappa shape index (κ3) is 2.48. The molecule has 0 fully saturated rings. The summed E-state index contributed by atoms with van der Waals surface area (Å²) < 4.78 is 6.07. The van der Waals surface area contributed by atoms with Crippen molar-refractivity contribution < 1.29 is 9.63 Å². The summed E-state index contributed by atoms with van der Waals surface area (Å²) in [6.45, 7) is 0. The standard InChI is InChI=1S/C13H8BrN3O2/c14-9-3-6-11(15-7-9)12-16-13(19-17-12)8-1-4-10(18)5-2-8/h1-7,18H. The van der Waals surface area contributed by atoms with Crippen molar-refractivity contribution in [1.82, 2.24) is 15.1 Å². The minimum Gasteiger partial charge on any atom is -0.508 e. The maximum atomic E-state index is 9.23. The van der Waals surface area contributed by atoms with E-state index in [1.165, 1.54) is 0 Å². The number of aromatic hydroxyl groups is 1. The van der Waals surface area contributed by atoms with Gasteiger partial charge in [-0.05, 0) is 52.3 Å². The molecule has 3 rings (SSSR count). The van der Waals surface area contributed by atoms with Crippen molar-refractivity contribution in [3.8, 4) is 28.7 Å². The molecule has 19 heavy (non-hydrogen) atoms. The summed E-state index contributed by atoms with van der Waals surface area (Å²) >= 11 is 3.32. The smallest absolute Gasteiger partial charge is 0.258 e. The molecule has 2 heterocycles. The number of phenolic OH excluding ortho intramolecular Hbond substituents is 1. The predicted octanol–water partition coefficient (Wildman–Crippen LogP) is 3.27. The minimum absolute atomic E-state index is 0.193.